The van der Waals surface area contributed by atoms with Gasteiger partial charge < -0.3 is 16.2 Å². The van der Waals surface area contributed by atoms with E-state index in [1.807, 2.05) is 6.92 Å². The Morgan fingerprint density at radius 2 is 2.21 bits per heavy atom. The van der Waals surface area contributed by atoms with Gasteiger partial charge in [-0.1, -0.05) is 0 Å². The number of rotatable bonds is 4. The van der Waals surface area contributed by atoms with Crippen LogP contribution in [0.1, 0.15) is 41.0 Å². The topological polar surface area (TPSA) is 91.2 Å². The zero-order valence-corrected chi connectivity index (χ0v) is 11.5. The second-order valence-electron chi connectivity index (χ2n) is 5.17. The van der Waals surface area contributed by atoms with Gasteiger partial charge in [-0.3, -0.25) is 9.78 Å². The predicted molar refractivity (Wildman–Crippen MR) is 73.0 cm³/mol. The van der Waals surface area contributed by atoms with Crippen LogP contribution >= 0.6 is 0 Å². The molecule has 1 aliphatic carbocycles. The predicted octanol–water partition coefficient (Wildman–Crippen LogP) is 1.30. The van der Waals surface area contributed by atoms with Crippen LogP contribution in [-0.4, -0.2) is 23.5 Å². The monoisotopic (exact) mass is 263 g/mol. The zero-order chi connectivity index (χ0) is 14.0. The highest BCUT2D eigenvalue weighted by Gasteiger charge is 2.29. The van der Waals surface area contributed by atoms with Gasteiger partial charge in [-0.15, -0.1) is 0 Å². The molecule has 0 aliphatic heterocycles. The summed E-state index contributed by atoms with van der Waals surface area (Å²) in [5.74, 6) is 0.402. The molecule has 0 radical (unpaired) electrons. The van der Waals surface area contributed by atoms with Crippen molar-refractivity contribution in [1.82, 2.24) is 4.98 Å². The highest BCUT2D eigenvalue weighted by molar-refractivity contribution is 5.96. The van der Waals surface area contributed by atoms with Crippen molar-refractivity contribution < 1.29 is 9.53 Å². The van der Waals surface area contributed by atoms with E-state index in [1.54, 1.807) is 13.0 Å². The molecule has 5 heteroatoms. The lowest BCUT2D eigenvalue weighted by atomic mass is 10.1. The first-order chi connectivity index (χ1) is 9.02. The van der Waals surface area contributed by atoms with E-state index in [0.717, 1.165) is 25.0 Å². The molecule has 2 atom stereocenters. The third-order valence-electron chi connectivity index (χ3n) is 3.71. The van der Waals surface area contributed by atoms with Gasteiger partial charge in [-0.25, -0.2) is 0 Å². The van der Waals surface area contributed by atoms with Crippen LogP contribution in [-0.2, 0) is 0 Å². The number of hydrogen-bond acceptors (Lipinski definition) is 4. The Labute approximate surface area is 113 Å². The number of ether oxygens (including phenoxy) is 1. The van der Waals surface area contributed by atoms with Gasteiger partial charge in [-0.2, -0.15) is 0 Å². The van der Waals surface area contributed by atoms with Crippen LogP contribution in [0.4, 0.5) is 0 Å². The number of nitrogens with zero attached hydrogens (tertiary/aromatic N) is 1. The fraction of sp³-hybridized carbons (Fsp3) is 0.571. The average Bonchev–Trinajstić information content (AvgIpc) is 2.74. The fourth-order valence-corrected chi connectivity index (χ4v) is 2.78. The lowest BCUT2D eigenvalue weighted by Crippen LogP contribution is -2.29. The zero-order valence-electron chi connectivity index (χ0n) is 11.5. The molecule has 1 heterocycles. The molecule has 19 heavy (non-hydrogen) atoms. The summed E-state index contributed by atoms with van der Waals surface area (Å²) < 4.78 is 6.01. The first-order valence-corrected chi connectivity index (χ1v) is 6.67. The van der Waals surface area contributed by atoms with Crippen molar-refractivity contribution in [2.75, 3.05) is 6.54 Å². The number of carbonyl (C=O) groups is 1. The lowest BCUT2D eigenvalue weighted by molar-refractivity contribution is 0.0987. The van der Waals surface area contributed by atoms with Crippen molar-refractivity contribution in [3.8, 4) is 5.75 Å². The first kappa shape index (κ1) is 13.8. The van der Waals surface area contributed by atoms with Crippen LogP contribution < -0.4 is 16.2 Å². The molecule has 1 aromatic rings. The largest absolute Gasteiger partial charge is 0.489 e. The SMILES string of the molecule is Cc1cc(OC2CCCC2CN)c(C(N)=O)c(C)n1. The maximum atomic E-state index is 11.6. The van der Waals surface area contributed by atoms with Gasteiger partial charge in [0.05, 0.1) is 5.69 Å². The Bertz CT molecular complexity index is 488. The molecule has 0 bridgehead atoms. The minimum absolute atomic E-state index is 0.0734. The second-order valence-corrected chi connectivity index (χ2v) is 5.17. The first-order valence-electron chi connectivity index (χ1n) is 6.67. The van der Waals surface area contributed by atoms with E-state index in [-0.39, 0.29) is 6.10 Å². The Hall–Kier alpha value is -1.62. The summed E-state index contributed by atoms with van der Waals surface area (Å²) in [7, 11) is 0. The normalized spacial score (nSPS) is 22.5. The molecule has 104 valence electrons. The minimum Gasteiger partial charge on any atom is -0.489 e. The van der Waals surface area contributed by atoms with Crippen LogP contribution in [0.25, 0.3) is 0 Å². The molecule has 1 fully saturated rings. The molecular weight excluding hydrogens is 242 g/mol. The number of primary amides is 1. The molecule has 1 aliphatic rings. The summed E-state index contributed by atoms with van der Waals surface area (Å²) in [6, 6.07) is 1.78. The number of amides is 1. The third-order valence-corrected chi connectivity index (χ3v) is 3.71. The van der Waals surface area contributed by atoms with Gasteiger partial charge in [-0.05, 0) is 39.7 Å². The average molecular weight is 263 g/mol. The van der Waals surface area contributed by atoms with Crippen molar-refractivity contribution in [1.29, 1.82) is 0 Å². The maximum absolute atomic E-state index is 11.6. The number of carbonyl (C=O) groups excluding carboxylic acids is 1. The van der Waals surface area contributed by atoms with Crippen LogP contribution in [0, 0.1) is 19.8 Å². The summed E-state index contributed by atoms with van der Waals surface area (Å²) >= 11 is 0. The van der Waals surface area contributed by atoms with Crippen LogP contribution in [0.3, 0.4) is 0 Å². The Morgan fingerprint density at radius 3 is 2.84 bits per heavy atom. The van der Waals surface area contributed by atoms with E-state index in [4.69, 9.17) is 16.2 Å². The molecule has 5 nitrogen and oxygen atoms in total. The standard InChI is InChI=1S/C14H21N3O2/c1-8-6-12(13(14(16)18)9(2)17-8)19-11-5-3-4-10(11)7-15/h6,10-11H,3-5,7,15H2,1-2H3,(H2,16,18). The van der Waals surface area contributed by atoms with E-state index < -0.39 is 5.91 Å². The second kappa shape index (κ2) is 5.57. The highest BCUT2D eigenvalue weighted by atomic mass is 16.5. The lowest BCUT2D eigenvalue weighted by Gasteiger charge is -2.22. The Morgan fingerprint density at radius 1 is 1.47 bits per heavy atom. The third kappa shape index (κ3) is 2.87. The van der Waals surface area contributed by atoms with Crippen molar-refractivity contribution in [2.45, 2.75) is 39.2 Å². The molecule has 1 amide bonds. The Kier molecular flexibility index (Phi) is 4.04. The molecular formula is C14H21N3O2. The molecule has 1 saturated carbocycles. The van der Waals surface area contributed by atoms with Crippen LogP contribution in [0.5, 0.6) is 5.75 Å². The number of aryl methyl sites for hydroxylation is 2. The fourth-order valence-electron chi connectivity index (χ4n) is 2.78. The maximum Gasteiger partial charge on any atom is 0.254 e. The summed E-state index contributed by atoms with van der Waals surface area (Å²) in [6.45, 7) is 4.26. The van der Waals surface area contributed by atoms with Crippen molar-refractivity contribution in [3.63, 3.8) is 0 Å². The Balaban J connectivity index is 2.31. The summed E-state index contributed by atoms with van der Waals surface area (Å²) in [5.41, 5.74) is 13.0. The van der Waals surface area contributed by atoms with E-state index in [2.05, 4.69) is 4.98 Å². The van der Waals surface area contributed by atoms with Crippen molar-refractivity contribution >= 4 is 5.91 Å². The van der Waals surface area contributed by atoms with E-state index in [0.29, 0.717) is 29.5 Å². The number of pyridine rings is 1. The molecule has 2 unspecified atom stereocenters. The summed E-state index contributed by atoms with van der Waals surface area (Å²) in [6.07, 6.45) is 3.24. The van der Waals surface area contributed by atoms with Gasteiger partial charge in [0, 0.05) is 17.7 Å². The molecule has 0 saturated heterocycles. The van der Waals surface area contributed by atoms with Crippen molar-refractivity contribution in [2.24, 2.45) is 17.4 Å². The van der Waals surface area contributed by atoms with Crippen molar-refractivity contribution in [3.05, 3.63) is 23.0 Å². The van der Waals surface area contributed by atoms with Gasteiger partial charge in [0.1, 0.15) is 17.4 Å². The molecule has 0 aromatic carbocycles. The summed E-state index contributed by atoms with van der Waals surface area (Å²) in [5, 5.41) is 0. The smallest absolute Gasteiger partial charge is 0.254 e. The van der Waals surface area contributed by atoms with Crippen LogP contribution in [0.2, 0.25) is 0 Å². The van der Waals surface area contributed by atoms with E-state index in [1.165, 1.54) is 0 Å². The molecule has 1 aromatic heterocycles. The number of aromatic nitrogens is 1. The van der Waals surface area contributed by atoms with E-state index >= 15 is 0 Å². The number of nitrogens with two attached hydrogens (primary N) is 2. The summed E-state index contributed by atoms with van der Waals surface area (Å²) in [4.78, 5) is 15.8. The molecule has 2 rings (SSSR count). The van der Waals surface area contributed by atoms with Gasteiger partial charge in [0.15, 0.2) is 0 Å². The van der Waals surface area contributed by atoms with Gasteiger partial charge in [0.2, 0.25) is 0 Å². The quantitative estimate of drug-likeness (QED) is 0.856. The van der Waals surface area contributed by atoms with Gasteiger partial charge in [0.25, 0.3) is 5.91 Å². The molecule has 0 spiro atoms. The highest BCUT2D eigenvalue weighted by Crippen LogP contribution is 2.31. The van der Waals surface area contributed by atoms with Crippen LogP contribution in [0.15, 0.2) is 6.07 Å². The number of hydrogen-bond donors (Lipinski definition) is 2. The molecule has 4 N–H and O–H groups in total. The minimum atomic E-state index is -0.498. The van der Waals surface area contributed by atoms with E-state index in [9.17, 15) is 4.79 Å². The van der Waals surface area contributed by atoms with Gasteiger partial charge >= 0.3 is 0 Å².